The van der Waals surface area contributed by atoms with Crippen LogP contribution >= 0.6 is 0 Å². The summed E-state index contributed by atoms with van der Waals surface area (Å²) in [6, 6.07) is 10.0. The minimum Gasteiger partial charge on any atom is -0.388 e. The molecule has 2 heterocycles. The molecule has 1 aromatic carbocycles. The smallest absolute Gasteiger partial charge is 0.111 e. The van der Waals surface area contributed by atoms with E-state index in [4.69, 9.17) is 9.72 Å². The Kier molecular flexibility index (Phi) is 7.89. The third-order valence-corrected chi connectivity index (χ3v) is 8.81. The molecule has 4 nitrogen and oxygen atoms in total. The van der Waals surface area contributed by atoms with Gasteiger partial charge in [0, 0.05) is 22.5 Å². The van der Waals surface area contributed by atoms with E-state index in [2.05, 4.69) is 61.5 Å². The van der Waals surface area contributed by atoms with Crippen LogP contribution in [0.2, 0.25) is 0 Å². The molecule has 1 spiro atoms. The molecule has 4 heteroatoms. The van der Waals surface area contributed by atoms with E-state index in [1.54, 1.807) is 0 Å². The molecule has 0 radical (unpaired) electrons. The van der Waals surface area contributed by atoms with E-state index in [-0.39, 0.29) is 23.0 Å². The van der Waals surface area contributed by atoms with Gasteiger partial charge in [-0.3, -0.25) is 4.98 Å². The first-order valence-electron chi connectivity index (χ1n) is 14.4. The third kappa shape index (κ3) is 5.10. The molecule has 1 aromatic heterocycles. The second-order valence-electron chi connectivity index (χ2n) is 13.1. The molecular weight excluding hydrogens is 456 g/mol. The van der Waals surface area contributed by atoms with Crippen molar-refractivity contribution in [1.29, 1.82) is 5.26 Å². The average molecular weight is 503 g/mol. The molecule has 0 bridgehead atoms. The van der Waals surface area contributed by atoms with Crippen molar-refractivity contribution in [2.24, 2.45) is 17.3 Å². The van der Waals surface area contributed by atoms with E-state index in [0.717, 1.165) is 60.5 Å². The van der Waals surface area contributed by atoms with Gasteiger partial charge in [0.05, 0.1) is 23.3 Å². The normalized spacial score (nSPS) is 27.6. The molecule has 37 heavy (non-hydrogen) atoms. The molecule has 1 aliphatic heterocycles. The number of nitriles is 1. The van der Waals surface area contributed by atoms with Crippen LogP contribution in [0.25, 0.3) is 0 Å². The maximum absolute atomic E-state index is 11.4. The van der Waals surface area contributed by atoms with Crippen molar-refractivity contribution >= 4 is 0 Å². The highest BCUT2D eigenvalue weighted by atomic mass is 16.5. The van der Waals surface area contributed by atoms with Gasteiger partial charge in [-0.15, -0.1) is 0 Å². The van der Waals surface area contributed by atoms with Gasteiger partial charge < -0.3 is 9.84 Å². The highest BCUT2D eigenvalue weighted by Crippen LogP contribution is 2.61. The minimum absolute atomic E-state index is 0.0301. The van der Waals surface area contributed by atoms with Gasteiger partial charge in [-0.2, -0.15) is 5.26 Å². The van der Waals surface area contributed by atoms with Crippen LogP contribution in [0, 0.1) is 28.6 Å². The summed E-state index contributed by atoms with van der Waals surface area (Å²) in [4.78, 5) is 5.23. The number of aromatic nitrogens is 1. The number of aliphatic hydroxyl groups excluding tert-OH is 1. The first-order valence-corrected chi connectivity index (χ1v) is 14.4. The fourth-order valence-corrected chi connectivity index (χ4v) is 6.48. The minimum atomic E-state index is -0.510. The van der Waals surface area contributed by atoms with Crippen LogP contribution in [0.15, 0.2) is 24.3 Å². The standard InChI is InChI=1S/C28H34N2O2.C5H12/c1-16(2)25-23-24(22-20(30-25)13-27(4,5)14-21(22)31)28(12-6-7-17(28)3)32-26(23)19-10-8-18(15-29)9-11-19;1-4-5(2)3/h8-11,16-17,21,26,31H,6-7,12-14H2,1-5H3;5H,4H2,1-3H3. The maximum Gasteiger partial charge on any atom is 0.111 e. The molecule has 5 rings (SSSR count). The molecule has 1 N–H and O–H groups in total. The summed E-state index contributed by atoms with van der Waals surface area (Å²) in [5.41, 5.74) is 7.03. The van der Waals surface area contributed by atoms with Crippen LogP contribution in [0.3, 0.4) is 0 Å². The molecule has 0 saturated heterocycles. The van der Waals surface area contributed by atoms with Crippen molar-refractivity contribution in [3.05, 3.63) is 63.5 Å². The SMILES string of the molecule is CC(C)c1nc2c(c3c1C(c1ccc(C#N)cc1)OC31CCCC1C)C(O)CC(C)(C)C2.CCC(C)C. The summed E-state index contributed by atoms with van der Waals surface area (Å²) in [6.45, 7) is 17.8. The largest absolute Gasteiger partial charge is 0.388 e. The Balaban J connectivity index is 0.000000586. The zero-order valence-corrected chi connectivity index (χ0v) is 24.2. The van der Waals surface area contributed by atoms with E-state index >= 15 is 0 Å². The average Bonchev–Trinajstić information content (AvgIpc) is 3.38. The second kappa shape index (κ2) is 10.5. The summed E-state index contributed by atoms with van der Waals surface area (Å²) in [7, 11) is 0. The van der Waals surface area contributed by atoms with Gasteiger partial charge >= 0.3 is 0 Å². The predicted molar refractivity (Wildman–Crippen MR) is 149 cm³/mol. The summed E-state index contributed by atoms with van der Waals surface area (Å²) >= 11 is 0. The Morgan fingerprint density at radius 3 is 2.30 bits per heavy atom. The Hall–Kier alpha value is -2.22. The van der Waals surface area contributed by atoms with E-state index in [1.807, 2.05) is 24.3 Å². The number of hydrogen-bond donors (Lipinski definition) is 1. The van der Waals surface area contributed by atoms with Crippen molar-refractivity contribution in [3.63, 3.8) is 0 Å². The number of rotatable bonds is 3. The first kappa shape index (κ1) is 27.8. The number of fused-ring (bicyclic) bond motifs is 4. The van der Waals surface area contributed by atoms with Gasteiger partial charge in [0.15, 0.2) is 0 Å². The van der Waals surface area contributed by atoms with Crippen molar-refractivity contribution in [1.82, 2.24) is 4.98 Å². The van der Waals surface area contributed by atoms with Gasteiger partial charge in [0.1, 0.15) is 6.10 Å². The molecule has 1 fully saturated rings. The van der Waals surface area contributed by atoms with Crippen molar-refractivity contribution in [3.8, 4) is 6.07 Å². The second-order valence-corrected chi connectivity index (χ2v) is 13.1. The van der Waals surface area contributed by atoms with Crippen molar-refractivity contribution in [2.75, 3.05) is 0 Å². The van der Waals surface area contributed by atoms with Gasteiger partial charge in [-0.1, -0.05) is 73.9 Å². The Bertz CT molecular complexity index is 1160. The number of nitrogens with zero attached hydrogens (tertiary/aromatic N) is 2. The van der Waals surface area contributed by atoms with Gasteiger partial charge in [0.2, 0.25) is 0 Å². The van der Waals surface area contributed by atoms with Gasteiger partial charge in [0.25, 0.3) is 0 Å². The summed E-state index contributed by atoms with van der Waals surface area (Å²) in [5.74, 6) is 1.53. The molecule has 4 atom stereocenters. The van der Waals surface area contributed by atoms with Crippen LogP contribution in [0.5, 0.6) is 0 Å². The summed E-state index contributed by atoms with van der Waals surface area (Å²) in [6.07, 6.45) is 5.48. The molecule has 4 unspecified atom stereocenters. The lowest BCUT2D eigenvalue weighted by molar-refractivity contribution is -0.0842. The Labute approximate surface area is 224 Å². The topological polar surface area (TPSA) is 66.1 Å². The quantitative estimate of drug-likeness (QED) is 0.459. The lowest BCUT2D eigenvalue weighted by Gasteiger charge is -2.39. The molecule has 2 aliphatic carbocycles. The lowest BCUT2D eigenvalue weighted by atomic mass is 9.69. The van der Waals surface area contributed by atoms with Crippen LogP contribution in [0.1, 0.15) is 145 Å². The van der Waals surface area contributed by atoms with Gasteiger partial charge in [-0.05, 0) is 78.5 Å². The van der Waals surface area contributed by atoms with Crippen LogP contribution in [0.4, 0.5) is 0 Å². The van der Waals surface area contributed by atoms with E-state index < -0.39 is 6.10 Å². The van der Waals surface area contributed by atoms with E-state index in [1.165, 1.54) is 17.5 Å². The lowest BCUT2D eigenvalue weighted by Crippen LogP contribution is -2.34. The Morgan fingerprint density at radius 2 is 1.78 bits per heavy atom. The number of ether oxygens (including phenoxy) is 1. The van der Waals surface area contributed by atoms with Gasteiger partial charge in [-0.25, -0.2) is 0 Å². The number of benzene rings is 1. The number of pyridine rings is 1. The summed E-state index contributed by atoms with van der Waals surface area (Å²) in [5, 5.41) is 20.7. The zero-order chi connectivity index (χ0) is 27.1. The monoisotopic (exact) mass is 502 g/mol. The maximum atomic E-state index is 11.4. The third-order valence-electron chi connectivity index (χ3n) is 8.81. The molecule has 200 valence electrons. The predicted octanol–water partition coefficient (Wildman–Crippen LogP) is 8.27. The fourth-order valence-electron chi connectivity index (χ4n) is 6.48. The van der Waals surface area contributed by atoms with Crippen LogP contribution in [-0.2, 0) is 16.8 Å². The van der Waals surface area contributed by atoms with E-state index in [9.17, 15) is 10.4 Å². The molecule has 2 aromatic rings. The zero-order valence-electron chi connectivity index (χ0n) is 24.2. The first-order chi connectivity index (χ1) is 17.4. The molecule has 3 aliphatic rings. The summed E-state index contributed by atoms with van der Waals surface area (Å²) < 4.78 is 7.08. The highest BCUT2D eigenvalue weighted by molar-refractivity contribution is 5.55. The highest BCUT2D eigenvalue weighted by Gasteiger charge is 2.55. The molecule has 0 amide bonds. The number of aliphatic hydroxyl groups is 1. The molecule has 1 saturated carbocycles. The molecular formula is C33H46N2O2. The Morgan fingerprint density at radius 1 is 1.14 bits per heavy atom. The van der Waals surface area contributed by atoms with E-state index in [0.29, 0.717) is 11.5 Å². The van der Waals surface area contributed by atoms with Crippen LogP contribution < -0.4 is 0 Å². The van der Waals surface area contributed by atoms with Crippen molar-refractivity contribution < 1.29 is 9.84 Å². The van der Waals surface area contributed by atoms with Crippen LogP contribution in [-0.4, -0.2) is 10.1 Å². The van der Waals surface area contributed by atoms with Crippen molar-refractivity contribution in [2.45, 2.75) is 118 Å². The fraction of sp³-hybridized carbons (Fsp3) is 0.636. The number of hydrogen-bond acceptors (Lipinski definition) is 4.